The fourth-order valence-corrected chi connectivity index (χ4v) is 5.32. The van der Waals surface area contributed by atoms with E-state index in [-0.39, 0.29) is 22.6 Å². The third-order valence-electron chi connectivity index (χ3n) is 4.92. The minimum atomic E-state index is -3.66. The van der Waals surface area contributed by atoms with E-state index in [1.165, 1.54) is 43.8 Å². The van der Waals surface area contributed by atoms with Crippen LogP contribution in [0, 0.1) is 0 Å². The summed E-state index contributed by atoms with van der Waals surface area (Å²) in [5.41, 5.74) is 1.83. The highest BCUT2D eigenvalue weighted by molar-refractivity contribution is 7.89. The van der Waals surface area contributed by atoms with E-state index in [1.54, 1.807) is 29.5 Å². The average Bonchev–Trinajstić information content (AvgIpc) is 3.15. The second kappa shape index (κ2) is 8.06. The third kappa shape index (κ3) is 3.85. The highest BCUT2D eigenvalue weighted by atomic mass is 32.2. The minimum absolute atomic E-state index is 0.0349. The van der Waals surface area contributed by atoms with Crippen LogP contribution >= 0.6 is 11.3 Å². The number of ether oxygens (including phenoxy) is 1. The topological polar surface area (TPSA) is 66.9 Å². The first-order valence-corrected chi connectivity index (χ1v) is 11.2. The van der Waals surface area contributed by atoms with Gasteiger partial charge in [0.1, 0.15) is 10.6 Å². The first kappa shape index (κ1) is 20.6. The summed E-state index contributed by atoms with van der Waals surface area (Å²) in [6.07, 6.45) is 4.01. The molecule has 3 rings (SSSR count). The van der Waals surface area contributed by atoms with Crippen molar-refractivity contribution in [1.29, 1.82) is 0 Å². The zero-order valence-electron chi connectivity index (χ0n) is 16.4. The smallest absolute Gasteiger partial charge is 0.247 e. The summed E-state index contributed by atoms with van der Waals surface area (Å²) in [5.74, 6) is 0.184. The van der Waals surface area contributed by atoms with Crippen LogP contribution in [0.15, 0.2) is 40.6 Å². The maximum atomic E-state index is 12.7. The Bertz CT molecular complexity index is 1010. The van der Waals surface area contributed by atoms with E-state index < -0.39 is 10.0 Å². The van der Waals surface area contributed by atoms with E-state index in [9.17, 15) is 13.2 Å². The van der Waals surface area contributed by atoms with Gasteiger partial charge in [-0.25, -0.2) is 12.7 Å². The number of sulfonamides is 1. The molecule has 1 aliphatic rings. The zero-order chi connectivity index (χ0) is 20.5. The largest absolute Gasteiger partial charge is 0.495 e. The Kier molecular flexibility index (Phi) is 5.92. The van der Waals surface area contributed by atoms with Crippen molar-refractivity contribution in [3.05, 3.63) is 51.7 Å². The quantitative estimate of drug-likeness (QED) is 0.697. The molecule has 8 heteroatoms. The summed E-state index contributed by atoms with van der Waals surface area (Å²) < 4.78 is 31.4. The van der Waals surface area contributed by atoms with Crippen molar-refractivity contribution in [2.75, 3.05) is 27.7 Å². The number of fused-ring (bicyclic) bond motifs is 1. The number of nitrogens with zero attached hydrogens (tertiary/aromatic N) is 2. The van der Waals surface area contributed by atoms with Crippen LogP contribution in [0.3, 0.4) is 0 Å². The third-order valence-corrected chi connectivity index (χ3v) is 7.76. The Morgan fingerprint density at radius 2 is 2.07 bits per heavy atom. The maximum Gasteiger partial charge on any atom is 0.247 e. The fourth-order valence-electron chi connectivity index (χ4n) is 3.27. The highest BCUT2D eigenvalue weighted by Crippen LogP contribution is 2.33. The van der Waals surface area contributed by atoms with E-state index >= 15 is 0 Å². The lowest BCUT2D eigenvalue weighted by atomic mass is 10.0. The summed E-state index contributed by atoms with van der Waals surface area (Å²) in [4.78, 5) is 16.0. The van der Waals surface area contributed by atoms with Gasteiger partial charge in [0, 0.05) is 31.6 Å². The number of benzene rings is 1. The maximum absolute atomic E-state index is 12.7. The van der Waals surface area contributed by atoms with Crippen LogP contribution in [0.1, 0.15) is 29.0 Å². The summed E-state index contributed by atoms with van der Waals surface area (Å²) in [6, 6.07) is 6.97. The lowest BCUT2D eigenvalue weighted by Gasteiger charge is -2.32. The average molecular weight is 421 g/mol. The van der Waals surface area contributed by atoms with Crippen LogP contribution in [-0.2, 0) is 21.2 Å². The van der Waals surface area contributed by atoms with Gasteiger partial charge >= 0.3 is 0 Å². The molecular weight excluding hydrogens is 396 g/mol. The molecule has 0 saturated heterocycles. The number of carbonyl (C=O) groups excluding carboxylic acids is 1. The molecule has 1 aliphatic heterocycles. The van der Waals surface area contributed by atoms with Gasteiger partial charge in [-0.3, -0.25) is 4.79 Å². The molecule has 28 heavy (non-hydrogen) atoms. The summed E-state index contributed by atoms with van der Waals surface area (Å²) in [6.45, 7) is 2.71. The molecule has 2 aromatic rings. The predicted molar refractivity (Wildman–Crippen MR) is 111 cm³/mol. The molecule has 1 aromatic heterocycles. The number of rotatable bonds is 5. The van der Waals surface area contributed by atoms with Gasteiger partial charge < -0.3 is 9.64 Å². The number of amides is 1. The van der Waals surface area contributed by atoms with Crippen LogP contribution in [0.25, 0.3) is 6.08 Å². The van der Waals surface area contributed by atoms with E-state index in [1.807, 2.05) is 11.8 Å². The molecule has 1 amide bonds. The molecule has 0 radical (unpaired) electrons. The Balaban J connectivity index is 1.84. The van der Waals surface area contributed by atoms with E-state index in [4.69, 9.17) is 4.74 Å². The number of methoxy groups -OCH3 is 1. The first-order chi connectivity index (χ1) is 13.3. The van der Waals surface area contributed by atoms with Crippen molar-refractivity contribution in [3.8, 4) is 5.75 Å². The van der Waals surface area contributed by atoms with Gasteiger partial charge in [-0.05, 0) is 54.1 Å². The molecule has 0 bridgehead atoms. The number of carbonyl (C=O) groups is 1. The molecule has 1 aromatic carbocycles. The lowest BCUT2D eigenvalue weighted by molar-refractivity contribution is -0.128. The molecule has 0 unspecified atom stereocenters. The summed E-state index contributed by atoms with van der Waals surface area (Å²) in [7, 11) is 0.712. The van der Waals surface area contributed by atoms with Gasteiger partial charge in [0.05, 0.1) is 13.2 Å². The second-order valence-corrected chi connectivity index (χ2v) is 9.91. The van der Waals surface area contributed by atoms with Crippen LogP contribution in [0.4, 0.5) is 0 Å². The molecule has 0 N–H and O–H groups in total. The van der Waals surface area contributed by atoms with Gasteiger partial charge in [-0.15, -0.1) is 11.3 Å². The number of hydrogen-bond acceptors (Lipinski definition) is 5. The summed E-state index contributed by atoms with van der Waals surface area (Å²) in [5, 5.41) is 2.06. The minimum Gasteiger partial charge on any atom is -0.495 e. The van der Waals surface area contributed by atoms with Gasteiger partial charge in [-0.1, -0.05) is 6.07 Å². The molecular formula is C20H24N2O4S2. The van der Waals surface area contributed by atoms with Crippen molar-refractivity contribution in [1.82, 2.24) is 9.21 Å². The second-order valence-electron chi connectivity index (χ2n) is 6.79. The van der Waals surface area contributed by atoms with E-state index in [2.05, 4.69) is 11.4 Å². The fraction of sp³-hybridized carbons (Fsp3) is 0.350. The Labute approximate surface area is 170 Å². The lowest BCUT2D eigenvalue weighted by Crippen LogP contribution is -2.37. The van der Waals surface area contributed by atoms with Crippen molar-refractivity contribution in [2.24, 2.45) is 0 Å². The zero-order valence-corrected chi connectivity index (χ0v) is 18.0. The van der Waals surface area contributed by atoms with Crippen LogP contribution in [0.2, 0.25) is 0 Å². The normalized spacial score (nSPS) is 17.2. The Morgan fingerprint density at radius 3 is 2.75 bits per heavy atom. The summed E-state index contributed by atoms with van der Waals surface area (Å²) >= 11 is 1.73. The molecule has 150 valence electrons. The van der Waals surface area contributed by atoms with Crippen LogP contribution in [-0.4, -0.2) is 51.3 Å². The highest BCUT2D eigenvalue weighted by Gasteiger charge is 2.27. The van der Waals surface area contributed by atoms with Crippen molar-refractivity contribution >= 4 is 33.3 Å². The van der Waals surface area contributed by atoms with Crippen molar-refractivity contribution in [3.63, 3.8) is 0 Å². The molecule has 0 spiro atoms. The molecule has 1 atom stereocenters. The Hall–Kier alpha value is -2.16. The van der Waals surface area contributed by atoms with Crippen LogP contribution < -0.4 is 4.74 Å². The van der Waals surface area contributed by atoms with Crippen molar-refractivity contribution in [2.45, 2.75) is 24.3 Å². The molecule has 0 fully saturated rings. The molecule has 6 nitrogen and oxygen atoms in total. The molecule has 2 heterocycles. The predicted octanol–water partition coefficient (Wildman–Crippen LogP) is 3.17. The van der Waals surface area contributed by atoms with E-state index in [0.29, 0.717) is 12.1 Å². The van der Waals surface area contributed by atoms with Crippen LogP contribution in [0.5, 0.6) is 5.75 Å². The standard InChI is InChI=1S/C20H24N2O4S2/c1-14-16-10-12-27-18(16)9-11-22(14)20(23)8-6-15-5-7-17(26-4)19(13-15)28(24,25)21(2)3/h5-8,10,12-14H,9,11H2,1-4H3/b8-6+/t14-/m0/s1. The number of hydrogen-bond donors (Lipinski definition) is 0. The van der Waals surface area contributed by atoms with Gasteiger partial charge in [-0.2, -0.15) is 0 Å². The number of thiophene rings is 1. The molecule has 0 aliphatic carbocycles. The van der Waals surface area contributed by atoms with Crippen molar-refractivity contribution < 1.29 is 17.9 Å². The van der Waals surface area contributed by atoms with Gasteiger partial charge in [0.2, 0.25) is 15.9 Å². The monoisotopic (exact) mass is 420 g/mol. The SMILES string of the molecule is COc1ccc(/C=C/C(=O)N2CCc3sccc3[C@@H]2C)cc1S(=O)(=O)N(C)C. The Morgan fingerprint density at radius 1 is 1.32 bits per heavy atom. The molecule has 0 saturated carbocycles. The van der Waals surface area contributed by atoms with Gasteiger partial charge in [0.15, 0.2) is 0 Å². The first-order valence-electron chi connectivity index (χ1n) is 8.91. The van der Waals surface area contributed by atoms with E-state index in [0.717, 1.165) is 10.7 Å². The van der Waals surface area contributed by atoms with Gasteiger partial charge in [0.25, 0.3) is 0 Å².